The molecule has 28 heavy (non-hydrogen) atoms. The van der Waals surface area contributed by atoms with Crippen molar-refractivity contribution in [2.24, 2.45) is 0 Å². The van der Waals surface area contributed by atoms with Crippen LogP contribution in [0.4, 0.5) is 0 Å². The van der Waals surface area contributed by atoms with E-state index in [1.807, 2.05) is 59.5 Å². The van der Waals surface area contributed by atoms with Gasteiger partial charge in [-0.2, -0.15) is 4.98 Å². The van der Waals surface area contributed by atoms with E-state index in [4.69, 9.17) is 9.26 Å². The normalized spacial score (nSPS) is 16.8. The first-order valence-corrected chi connectivity index (χ1v) is 9.52. The quantitative estimate of drug-likeness (QED) is 0.678. The van der Waals surface area contributed by atoms with E-state index < -0.39 is 0 Å². The number of carbonyl (C=O) groups excluding carboxylic acids is 1. The summed E-state index contributed by atoms with van der Waals surface area (Å²) in [5.74, 6) is 2.17. The van der Waals surface area contributed by atoms with Crippen LogP contribution in [0, 0.1) is 0 Å². The van der Waals surface area contributed by atoms with Crippen LogP contribution in [-0.2, 0) is 11.2 Å². The Hall–Kier alpha value is -3.15. The van der Waals surface area contributed by atoms with Gasteiger partial charge in [0.2, 0.25) is 17.6 Å². The molecule has 2 aromatic carbocycles. The summed E-state index contributed by atoms with van der Waals surface area (Å²) in [7, 11) is 1.63. The van der Waals surface area contributed by atoms with Crippen LogP contribution in [0.1, 0.15) is 30.2 Å². The second-order valence-corrected chi connectivity index (χ2v) is 7.03. The van der Waals surface area contributed by atoms with E-state index in [0.717, 1.165) is 36.3 Å². The van der Waals surface area contributed by atoms with Crippen molar-refractivity contribution in [1.82, 2.24) is 15.0 Å². The van der Waals surface area contributed by atoms with Crippen molar-refractivity contribution in [3.05, 3.63) is 66.1 Å². The number of ether oxygens (including phenoxy) is 1. The highest BCUT2D eigenvalue weighted by Crippen LogP contribution is 2.28. The van der Waals surface area contributed by atoms with Crippen LogP contribution in [0.2, 0.25) is 0 Å². The number of amides is 1. The third-order valence-corrected chi connectivity index (χ3v) is 5.11. The molecule has 0 saturated carbocycles. The highest BCUT2D eigenvalue weighted by molar-refractivity contribution is 5.79. The largest absolute Gasteiger partial charge is 0.497 e. The number of nitrogens with zero attached hydrogens (tertiary/aromatic N) is 3. The zero-order valence-electron chi connectivity index (χ0n) is 15.9. The SMILES string of the molecule is COc1ccc(-c2noc([C@H]3CCCN(C(=O)Cc4ccccc4)C3)n2)cc1. The van der Waals surface area contributed by atoms with Gasteiger partial charge in [-0.1, -0.05) is 35.5 Å². The number of likely N-dealkylation sites (tertiary alicyclic amines) is 1. The third kappa shape index (κ3) is 4.06. The molecule has 6 nitrogen and oxygen atoms in total. The molecule has 0 N–H and O–H groups in total. The van der Waals surface area contributed by atoms with Gasteiger partial charge in [-0.15, -0.1) is 0 Å². The van der Waals surface area contributed by atoms with E-state index in [1.165, 1.54) is 0 Å². The van der Waals surface area contributed by atoms with E-state index in [9.17, 15) is 4.79 Å². The van der Waals surface area contributed by atoms with Gasteiger partial charge in [-0.05, 0) is 42.7 Å². The van der Waals surface area contributed by atoms with E-state index in [-0.39, 0.29) is 11.8 Å². The van der Waals surface area contributed by atoms with E-state index in [2.05, 4.69) is 10.1 Å². The smallest absolute Gasteiger partial charge is 0.231 e. The molecule has 1 atom stereocenters. The van der Waals surface area contributed by atoms with E-state index in [1.54, 1.807) is 7.11 Å². The van der Waals surface area contributed by atoms with Gasteiger partial charge >= 0.3 is 0 Å². The molecular formula is C22H23N3O3. The highest BCUT2D eigenvalue weighted by Gasteiger charge is 2.28. The Bertz CT molecular complexity index is 922. The predicted molar refractivity (Wildman–Crippen MR) is 105 cm³/mol. The molecular weight excluding hydrogens is 354 g/mol. The summed E-state index contributed by atoms with van der Waals surface area (Å²) in [5.41, 5.74) is 1.91. The Balaban J connectivity index is 1.43. The fourth-order valence-electron chi connectivity index (χ4n) is 3.55. The van der Waals surface area contributed by atoms with Crippen LogP contribution in [-0.4, -0.2) is 41.1 Å². The monoisotopic (exact) mass is 377 g/mol. The van der Waals surface area contributed by atoms with Crippen LogP contribution in [0.15, 0.2) is 59.1 Å². The lowest BCUT2D eigenvalue weighted by Crippen LogP contribution is -2.40. The van der Waals surface area contributed by atoms with Crippen LogP contribution >= 0.6 is 0 Å². The third-order valence-electron chi connectivity index (χ3n) is 5.11. The molecule has 1 amide bonds. The van der Waals surface area contributed by atoms with Gasteiger partial charge in [-0.25, -0.2) is 0 Å². The number of hydrogen-bond donors (Lipinski definition) is 0. The van der Waals surface area contributed by atoms with Gasteiger partial charge in [0.25, 0.3) is 0 Å². The maximum absolute atomic E-state index is 12.7. The molecule has 0 aliphatic carbocycles. The number of rotatable bonds is 5. The second-order valence-electron chi connectivity index (χ2n) is 7.03. The molecule has 6 heteroatoms. The molecule has 1 aliphatic heterocycles. The topological polar surface area (TPSA) is 68.5 Å². The summed E-state index contributed by atoms with van der Waals surface area (Å²) in [4.78, 5) is 19.2. The Morgan fingerprint density at radius 2 is 1.96 bits per heavy atom. The molecule has 1 fully saturated rings. The molecule has 2 heterocycles. The van der Waals surface area contributed by atoms with Gasteiger partial charge in [0, 0.05) is 18.7 Å². The molecule has 0 spiro atoms. The maximum Gasteiger partial charge on any atom is 0.231 e. The number of carbonyl (C=O) groups is 1. The number of methoxy groups -OCH3 is 1. The minimum absolute atomic E-state index is 0.0768. The second kappa shape index (κ2) is 8.25. The van der Waals surface area contributed by atoms with Gasteiger partial charge in [0.05, 0.1) is 19.4 Å². The molecule has 3 aromatic rings. The fraction of sp³-hybridized carbons (Fsp3) is 0.318. The van der Waals surface area contributed by atoms with Crippen molar-refractivity contribution in [3.8, 4) is 17.1 Å². The van der Waals surface area contributed by atoms with E-state index in [0.29, 0.717) is 24.7 Å². The van der Waals surface area contributed by atoms with Crippen molar-refractivity contribution in [2.75, 3.05) is 20.2 Å². The molecule has 0 radical (unpaired) electrons. The van der Waals surface area contributed by atoms with Crippen molar-refractivity contribution in [3.63, 3.8) is 0 Å². The Morgan fingerprint density at radius 1 is 1.18 bits per heavy atom. The zero-order valence-corrected chi connectivity index (χ0v) is 15.9. The van der Waals surface area contributed by atoms with Crippen LogP contribution in [0.5, 0.6) is 5.75 Å². The minimum atomic E-state index is 0.0768. The first-order chi connectivity index (χ1) is 13.7. The molecule has 1 aromatic heterocycles. The molecule has 1 aliphatic rings. The van der Waals surface area contributed by atoms with Gasteiger partial charge in [0.1, 0.15) is 5.75 Å². The fourth-order valence-corrected chi connectivity index (χ4v) is 3.55. The molecule has 0 bridgehead atoms. The minimum Gasteiger partial charge on any atom is -0.497 e. The summed E-state index contributed by atoms with van der Waals surface area (Å²) in [5, 5.41) is 4.12. The molecule has 144 valence electrons. The number of piperidine rings is 1. The van der Waals surface area contributed by atoms with Gasteiger partial charge in [0.15, 0.2) is 0 Å². The first kappa shape index (κ1) is 18.2. The molecule has 1 saturated heterocycles. The lowest BCUT2D eigenvalue weighted by atomic mass is 9.97. The van der Waals surface area contributed by atoms with Crippen molar-refractivity contribution in [2.45, 2.75) is 25.2 Å². The van der Waals surface area contributed by atoms with Crippen molar-refractivity contribution in [1.29, 1.82) is 0 Å². The van der Waals surface area contributed by atoms with Crippen molar-refractivity contribution < 1.29 is 14.1 Å². The Labute approximate surface area is 164 Å². The summed E-state index contributed by atoms with van der Waals surface area (Å²) in [6.07, 6.45) is 2.30. The standard InChI is InChI=1S/C22H23N3O3/c1-27-19-11-9-17(10-12-19)21-23-22(28-24-21)18-8-5-13-25(15-18)20(26)14-16-6-3-2-4-7-16/h2-4,6-7,9-12,18H,5,8,13-15H2,1H3/t18-/m0/s1. The van der Waals surface area contributed by atoms with Crippen molar-refractivity contribution >= 4 is 5.91 Å². The average molecular weight is 377 g/mol. The molecule has 4 rings (SSSR count). The summed E-state index contributed by atoms with van der Waals surface area (Å²) >= 11 is 0. The van der Waals surface area contributed by atoms with Crippen LogP contribution in [0.25, 0.3) is 11.4 Å². The summed E-state index contributed by atoms with van der Waals surface area (Å²) in [6.45, 7) is 1.40. The van der Waals surface area contributed by atoms with Gasteiger partial charge in [-0.3, -0.25) is 4.79 Å². The number of benzene rings is 2. The Morgan fingerprint density at radius 3 is 2.71 bits per heavy atom. The predicted octanol–water partition coefficient (Wildman–Crippen LogP) is 3.69. The van der Waals surface area contributed by atoms with Gasteiger partial charge < -0.3 is 14.2 Å². The summed E-state index contributed by atoms with van der Waals surface area (Å²) in [6, 6.07) is 17.4. The molecule has 0 unspecified atom stereocenters. The lowest BCUT2D eigenvalue weighted by molar-refractivity contribution is -0.131. The number of aromatic nitrogens is 2. The summed E-state index contributed by atoms with van der Waals surface area (Å²) < 4.78 is 10.7. The Kier molecular flexibility index (Phi) is 5.37. The van der Waals surface area contributed by atoms with Crippen LogP contribution in [0.3, 0.4) is 0 Å². The van der Waals surface area contributed by atoms with Crippen LogP contribution < -0.4 is 4.74 Å². The zero-order chi connectivity index (χ0) is 19.3. The maximum atomic E-state index is 12.7. The first-order valence-electron chi connectivity index (χ1n) is 9.52. The number of hydrogen-bond acceptors (Lipinski definition) is 5. The highest BCUT2D eigenvalue weighted by atomic mass is 16.5. The lowest BCUT2D eigenvalue weighted by Gasteiger charge is -2.31. The van der Waals surface area contributed by atoms with E-state index >= 15 is 0 Å². The average Bonchev–Trinajstić information content (AvgIpc) is 3.25.